The number of carbonyl (C=O) groups is 1. The Kier molecular flexibility index (Phi) is 3.94. The zero-order chi connectivity index (χ0) is 13.0. The molecule has 0 radical (unpaired) electrons. The first-order chi connectivity index (χ1) is 8.66. The molecular weight excluding hydrogens is 246 g/mol. The number of hydrogen-bond donors (Lipinski definition) is 1. The summed E-state index contributed by atoms with van der Waals surface area (Å²) in [7, 11) is 3.50. The van der Waals surface area contributed by atoms with E-state index in [1.807, 2.05) is 29.6 Å². The lowest BCUT2D eigenvalue weighted by atomic mass is 10.2. The van der Waals surface area contributed by atoms with Gasteiger partial charge in [0.2, 0.25) is 0 Å². The first kappa shape index (κ1) is 12.6. The van der Waals surface area contributed by atoms with Gasteiger partial charge in [-0.2, -0.15) is 0 Å². The maximum atomic E-state index is 11.8. The Morgan fingerprint density at radius 3 is 2.94 bits per heavy atom. The average molecular weight is 261 g/mol. The van der Waals surface area contributed by atoms with Crippen molar-refractivity contribution >= 4 is 22.9 Å². The highest BCUT2D eigenvalue weighted by Crippen LogP contribution is 2.14. The number of carbonyl (C=O) groups excluding carboxylic acids is 1. The van der Waals surface area contributed by atoms with Crippen molar-refractivity contribution in [2.24, 2.45) is 0 Å². The molecule has 0 saturated carbocycles. The zero-order valence-electron chi connectivity index (χ0n) is 10.4. The number of anilines is 1. The molecule has 0 spiro atoms. The Morgan fingerprint density at radius 1 is 1.44 bits per heavy atom. The molecule has 0 aliphatic carbocycles. The largest absolute Gasteiger partial charge is 0.379 e. The van der Waals surface area contributed by atoms with E-state index < -0.39 is 0 Å². The van der Waals surface area contributed by atoms with E-state index in [1.165, 1.54) is 0 Å². The van der Waals surface area contributed by atoms with Gasteiger partial charge in [-0.3, -0.25) is 4.79 Å². The highest BCUT2D eigenvalue weighted by molar-refractivity contribution is 7.09. The van der Waals surface area contributed by atoms with E-state index in [0.717, 1.165) is 10.7 Å². The highest BCUT2D eigenvalue weighted by Gasteiger charge is 2.07. The lowest BCUT2D eigenvalue weighted by molar-refractivity contribution is 0.0827. The molecule has 2 rings (SSSR count). The van der Waals surface area contributed by atoms with Gasteiger partial charge in [-0.05, 0) is 18.2 Å². The number of benzene rings is 1. The predicted octanol–water partition coefficient (Wildman–Crippen LogP) is 2.46. The summed E-state index contributed by atoms with van der Waals surface area (Å²) in [4.78, 5) is 17.6. The minimum Gasteiger partial charge on any atom is -0.379 e. The van der Waals surface area contributed by atoms with Gasteiger partial charge < -0.3 is 10.2 Å². The first-order valence-corrected chi connectivity index (χ1v) is 6.49. The molecule has 0 fully saturated rings. The fourth-order valence-electron chi connectivity index (χ4n) is 1.54. The van der Waals surface area contributed by atoms with E-state index in [1.54, 1.807) is 36.5 Å². The molecule has 1 aromatic heterocycles. The van der Waals surface area contributed by atoms with Crippen LogP contribution in [0.1, 0.15) is 15.4 Å². The van der Waals surface area contributed by atoms with Crippen molar-refractivity contribution in [1.29, 1.82) is 0 Å². The SMILES string of the molecule is CN(C)C(=O)c1cccc(NCc2nccs2)c1. The monoisotopic (exact) mass is 261 g/mol. The quantitative estimate of drug-likeness (QED) is 0.919. The molecule has 2 aromatic rings. The van der Waals surface area contributed by atoms with Crippen molar-refractivity contribution in [1.82, 2.24) is 9.88 Å². The number of hydrogen-bond acceptors (Lipinski definition) is 4. The molecule has 1 amide bonds. The molecule has 5 heteroatoms. The van der Waals surface area contributed by atoms with Gasteiger partial charge in [0.05, 0.1) is 6.54 Å². The van der Waals surface area contributed by atoms with Crippen LogP contribution in [0.4, 0.5) is 5.69 Å². The Labute approximate surface area is 110 Å². The minimum absolute atomic E-state index is 0.00731. The topological polar surface area (TPSA) is 45.2 Å². The van der Waals surface area contributed by atoms with Crippen LogP contribution in [-0.2, 0) is 6.54 Å². The fraction of sp³-hybridized carbons (Fsp3) is 0.231. The standard InChI is InChI=1S/C13H15N3OS/c1-16(2)13(17)10-4-3-5-11(8-10)15-9-12-14-6-7-18-12/h3-8,15H,9H2,1-2H3. The lowest BCUT2D eigenvalue weighted by Gasteiger charge is -2.11. The van der Waals surface area contributed by atoms with Crippen molar-refractivity contribution in [3.63, 3.8) is 0 Å². The third-order valence-corrected chi connectivity index (χ3v) is 3.22. The van der Waals surface area contributed by atoms with Crippen LogP contribution in [0.3, 0.4) is 0 Å². The molecular formula is C13H15N3OS. The second-order valence-electron chi connectivity index (χ2n) is 4.06. The summed E-state index contributed by atoms with van der Waals surface area (Å²) < 4.78 is 0. The summed E-state index contributed by atoms with van der Waals surface area (Å²) in [5.41, 5.74) is 1.61. The Balaban J connectivity index is 2.05. The van der Waals surface area contributed by atoms with Gasteiger partial charge in [0.15, 0.2) is 0 Å². The zero-order valence-corrected chi connectivity index (χ0v) is 11.2. The maximum absolute atomic E-state index is 11.8. The summed E-state index contributed by atoms with van der Waals surface area (Å²) in [5, 5.41) is 6.23. The molecule has 94 valence electrons. The smallest absolute Gasteiger partial charge is 0.253 e. The number of nitrogens with zero attached hydrogens (tertiary/aromatic N) is 2. The second-order valence-corrected chi connectivity index (χ2v) is 5.04. The van der Waals surface area contributed by atoms with Gasteiger partial charge in [0.1, 0.15) is 5.01 Å². The molecule has 0 aliphatic rings. The highest BCUT2D eigenvalue weighted by atomic mass is 32.1. The van der Waals surface area contributed by atoms with E-state index in [-0.39, 0.29) is 5.91 Å². The molecule has 0 unspecified atom stereocenters. The normalized spacial score (nSPS) is 10.1. The number of amides is 1. The number of nitrogens with one attached hydrogen (secondary N) is 1. The fourth-order valence-corrected chi connectivity index (χ4v) is 2.09. The van der Waals surface area contributed by atoms with Gasteiger partial charge >= 0.3 is 0 Å². The van der Waals surface area contributed by atoms with Gasteiger partial charge in [0, 0.05) is 36.9 Å². The van der Waals surface area contributed by atoms with Gasteiger partial charge in [0.25, 0.3) is 5.91 Å². The third kappa shape index (κ3) is 3.07. The molecule has 1 heterocycles. The van der Waals surface area contributed by atoms with Crippen molar-refractivity contribution in [3.8, 4) is 0 Å². The second kappa shape index (κ2) is 5.64. The van der Waals surface area contributed by atoms with Crippen molar-refractivity contribution < 1.29 is 4.79 Å². The summed E-state index contributed by atoms with van der Waals surface area (Å²) in [6, 6.07) is 7.49. The molecule has 18 heavy (non-hydrogen) atoms. The van der Waals surface area contributed by atoms with E-state index in [0.29, 0.717) is 12.1 Å². The Bertz CT molecular complexity index is 523. The van der Waals surface area contributed by atoms with E-state index in [4.69, 9.17) is 0 Å². The number of aromatic nitrogens is 1. The maximum Gasteiger partial charge on any atom is 0.253 e. The van der Waals surface area contributed by atoms with Crippen molar-refractivity contribution in [2.45, 2.75) is 6.54 Å². The van der Waals surface area contributed by atoms with Gasteiger partial charge in [-0.25, -0.2) is 4.98 Å². The summed E-state index contributed by atoms with van der Waals surface area (Å²) in [6.45, 7) is 0.678. The van der Waals surface area contributed by atoms with Crippen LogP contribution in [-0.4, -0.2) is 29.9 Å². The average Bonchev–Trinajstić information content (AvgIpc) is 2.89. The van der Waals surface area contributed by atoms with Crippen LogP contribution < -0.4 is 5.32 Å². The summed E-state index contributed by atoms with van der Waals surface area (Å²) in [6.07, 6.45) is 1.79. The van der Waals surface area contributed by atoms with Gasteiger partial charge in [-0.15, -0.1) is 11.3 Å². The summed E-state index contributed by atoms with van der Waals surface area (Å²) >= 11 is 1.61. The Hall–Kier alpha value is -1.88. The van der Waals surface area contributed by atoms with E-state index >= 15 is 0 Å². The van der Waals surface area contributed by atoms with Crippen LogP contribution in [0.25, 0.3) is 0 Å². The first-order valence-electron chi connectivity index (χ1n) is 5.61. The van der Waals surface area contributed by atoms with Crippen molar-refractivity contribution in [3.05, 3.63) is 46.4 Å². The van der Waals surface area contributed by atoms with Gasteiger partial charge in [-0.1, -0.05) is 6.07 Å². The minimum atomic E-state index is 0.00731. The molecule has 1 aromatic carbocycles. The lowest BCUT2D eigenvalue weighted by Crippen LogP contribution is -2.21. The third-order valence-electron chi connectivity index (χ3n) is 2.44. The van der Waals surface area contributed by atoms with Crippen LogP contribution in [0.2, 0.25) is 0 Å². The number of thiazole rings is 1. The molecule has 0 bridgehead atoms. The molecule has 0 atom stereocenters. The molecule has 4 nitrogen and oxygen atoms in total. The van der Waals surface area contributed by atoms with Crippen LogP contribution >= 0.6 is 11.3 Å². The molecule has 1 N–H and O–H groups in total. The van der Waals surface area contributed by atoms with Crippen LogP contribution in [0.5, 0.6) is 0 Å². The number of rotatable bonds is 4. The van der Waals surface area contributed by atoms with E-state index in [2.05, 4.69) is 10.3 Å². The molecule has 0 aliphatic heterocycles. The van der Waals surface area contributed by atoms with Crippen LogP contribution in [0.15, 0.2) is 35.8 Å². The molecule has 0 saturated heterocycles. The summed E-state index contributed by atoms with van der Waals surface area (Å²) in [5.74, 6) is 0.00731. The van der Waals surface area contributed by atoms with Crippen LogP contribution in [0, 0.1) is 0 Å². The van der Waals surface area contributed by atoms with Crippen molar-refractivity contribution in [2.75, 3.05) is 19.4 Å². The predicted molar refractivity (Wildman–Crippen MR) is 73.9 cm³/mol. The Morgan fingerprint density at radius 2 is 2.28 bits per heavy atom. The van der Waals surface area contributed by atoms with E-state index in [9.17, 15) is 4.79 Å².